The third kappa shape index (κ3) is 10.5. The van der Waals surface area contributed by atoms with E-state index in [4.69, 9.17) is 19.3 Å². The van der Waals surface area contributed by atoms with E-state index in [1.165, 1.54) is 0 Å². The molecule has 2 atom stereocenters. The van der Waals surface area contributed by atoms with Gasteiger partial charge in [-0.05, 0) is 0 Å². The molecule has 0 saturated carbocycles. The first-order valence-electron chi connectivity index (χ1n) is 13.2. The predicted molar refractivity (Wildman–Crippen MR) is 196 cm³/mol. The average molecular weight is 1280 g/mol. The second-order valence-corrected chi connectivity index (χ2v) is 31.4. The molecule has 0 aromatic rings. The van der Waals surface area contributed by atoms with E-state index in [-0.39, 0.29) is 31.0 Å². The second kappa shape index (κ2) is 19.3. The van der Waals surface area contributed by atoms with Gasteiger partial charge in [-0.3, -0.25) is 64.2 Å². The Hall–Kier alpha value is -2.20. The molecule has 0 aromatic carbocycles. The van der Waals surface area contributed by atoms with Crippen LogP contribution in [0.3, 0.4) is 0 Å². The van der Waals surface area contributed by atoms with Gasteiger partial charge in [-0.1, -0.05) is 0 Å². The number of rotatable bonds is 22. The Morgan fingerprint density at radius 1 is 0.275 bits per heavy atom. The van der Waals surface area contributed by atoms with Crippen molar-refractivity contribution in [1.29, 1.82) is 0 Å². The first-order valence-corrected chi connectivity index (χ1v) is 30.8. The van der Waals surface area contributed by atoms with Crippen LogP contribution in [0.15, 0.2) is 0 Å². The molecule has 0 amide bonds. The van der Waals surface area contributed by atoms with Crippen molar-refractivity contribution < 1.29 is 226 Å². The molecule has 406 valence electrons. The van der Waals surface area contributed by atoms with Crippen LogP contribution in [0.2, 0.25) is 0 Å². The predicted octanol–water partition coefficient (Wildman–Crippen LogP) is -13.7. The third-order valence-corrected chi connectivity index (χ3v) is 29.4. The Balaban J connectivity index is -0.000000605. The van der Waals surface area contributed by atoms with Crippen molar-refractivity contribution >= 4 is 145 Å². The molecule has 69 heavy (non-hydrogen) atoms. The molecule has 0 radical (unpaired) electrons. The monoisotopic (exact) mass is 1280 g/mol. The molecule has 0 aliphatic heterocycles. The summed E-state index contributed by atoms with van der Waals surface area (Å²) in [6.45, 7) is 0. The minimum Gasteiger partial charge on any atom is -1.00 e. The van der Waals surface area contributed by atoms with Gasteiger partial charge in [0.25, 0.3) is 98.6 Å². The molecule has 0 saturated heterocycles. The fourth-order valence-corrected chi connectivity index (χ4v) is 29.4. The van der Waals surface area contributed by atoms with Crippen molar-refractivity contribution in [2.45, 2.75) is 25.8 Å². The zero-order valence-electron chi connectivity index (χ0n) is 31.9. The molecule has 57 heteroatoms. The Kier molecular flexibility index (Phi) is 19.8. The smallest absolute Gasteiger partial charge is 1.00 e. The maximum atomic E-state index is 12.1. The molecule has 0 aromatic heterocycles. The topological polar surface area (TPSA) is 802 Å². The zero-order valence-corrected chi connectivity index (χ0v) is 42.7. The normalized spacial score (nSPS) is 16.8. The van der Waals surface area contributed by atoms with Crippen molar-refractivity contribution in [3.8, 4) is 0 Å². The Bertz CT molecular complexity index is 3230. The second-order valence-electron chi connectivity index (χ2n) is 11.5. The number of carboxylic acid groups (broad SMARTS) is 4. The van der Waals surface area contributed by atoms with E-state index in [2.05, 4.69) is 0 Å². The SMILES string of the molecule is O=C(O)C(C(CS(=O)(=O)O)(S(=O)(=O)O)S(=O)(=O)O)(C(C(=O)O)(S(=O)(=O)O)S(=O)(=O)O)S(=O)(=O)O.O=C(O)C(C(CS(=O)(=O)O)(S(=O)(=O)O)S(=O)(=O)O)(C(C(=O)O)(S(=O)(=O)O)S(=O)(=O)O)S(=O)(=O)O.[H-].[Na+]. The summed E-state index contributed by atoms with van der Waals surface area (Å²) in [7, 11) is -92.8. The summed E-state index contributed by atoms with van der Waals surface area (Å²) in [6, 6.07) is 0. The summed E-state index contributed by atoms with van der Waals surface area (Å²) in [5.41, 5.74) is 0. The van der Waals surface area contributed by atoms with Crippen LogP contribution in [0, 0.1) is 0 Å². The van der Waals surface area contributed by atoms with E-state index in [9.17, 15) is 176 Å². The van der Waals surface area contributed by atoms with E-state index in [1.54, 1.807) is 0 Å². The number of hydrogen-bond donors (Lipinski definition) is 16. The van der Waals surface area contributed by atoms with Gasteiger partial charge in [0, 0.05) is 0 Å². The van der Waals surface area contributed by atoms with Crippen molar-refractivity contribution in [3.05, 3.63) is 0 Å². The van der Waals surface area contributed by atoms with E-state index < -0.39 is 183 Å². The van der Waals surface area contributed by atoms with Gasteiger partial charge in [-0.15, -0.1) is 0 Å². The quantitative estimate of drug-likeness (QED) is 0.0353. The Morgan fingerprint density at radius 2 is 0.420 bits per heavy atom. The third-order valence-electron chi connectivity index (χ3n) is 7.80. The molecule has 16 N–H and O–H groups in total. The van der Waals surface area contributed by atoms with Gasteiger partial charge in [0.2, 0.25) is 0 Å². The molecule has 0 aliphatic carbocycles. The van der Waals surface area contributed by atoms with E-state index in [0.717, 1.165) is 0 Å². The first kappa shape index (κ1) is 71.1. The summed E-state index contributed by atoms with van der Waals surface area (Å²) in [5, 5.41) is 37.0. The van der Waals surface area contributed by atoms with Crippen LogP contribution in [-0.2, 0) is 141 Å². The number of aliphatic carboxylic acids is 4. The molecule has 0 heterocycles. The largest absolute Gasteiger partial charge is 1.00 e. The average Bonchev–Trinajstić information content (AvgIpc) is 2.92. The van der Waals surface area contributed by atoms with Crippen LogP contribution in [0.4, 0.5) is 0 Å². The molecule has 2 unspecified atom stereocenters. The minimum atomic E-state index is -8.10. The summed E-state index contributed by atoms with van der Waals surface area (Å²) < 4.78 is 354. The van der Waals surface area contributed by atoms with Crippen molar-refractivity contribution in [3.63, 3.8) is 0 Å². The van der Waals surface area contributed by atoms with Gasteiger partial charge < -0.3 is 21.9 Å². The fourth-order valence-electron chi connectivity index (χ4n) is 5.77. The maximum absolute atomic E-state index is 12.1. The zero-order chi connectivity index (χ0) is 56.7. The minimum absolute atomic E-state index is 0. The Morgan fingerprint density at radius 3 is 0.478 bits per heavy atom. The maximum Gasteiger partial charge on any atom is 1.00 e. The van der Waals surface area contributed by atoms with Crippen molar-refractivity contribution in [2.75, 3.05) is 11.5 Å². The van der Waals surface area contributed by atoms with Gasteiger partial charge in [-0.2, -0.15) is 101 Å². The molecule has 0 bridgehead atoms. The molecule has 0 fully saturated rings. The molecular formula is C12H21NaO44S12. The summed E-state index contributed by atoms with van der Waals surface area (Å²) in [4.78, 5) is 47.3. The molecule has 0 spiro atoms. The summed E-state index contributed by atoms with van der Waals surface area (Å²) in [6.07, 6.45) is 0. The number of hydrogen-bond acceptors (Lipinski definition) is 28. The van der Waals surface area contributed by atoms with E-state index in [1.807, 2.05) is 0 Å². The molecule has 44 nitrogen and oxygen atoms in total. The van der Waals surface area contributed by atoms with Gasteiger partial charge >= 0.3 is 102 Å². The van der Waals surface area contributed by atoms with Crippen LogP contribution in [0.25, 0.3) is 0 Å². The van der Waals surface area contributed by atoms with E-state index >= 15 is 0 Å². The number of carboxylic acids is 4. The molecule has 0 rings (SSSR count). The van der Waals surface area contributed by atoms with Crippen LogP contribution in [-0.4, -0.2) is 237 Å². The summed E-state index contributed by atoms with van der Waals surface area (Å²) in [5.74, 6) is -25.1. The molecular weight excluding hydrogens is 1260 g/mol. The van der Waals surface area contributed by atoms with E-state index in [0.29, 0.717) is 0 Å². The Labute approximate surface area is 405 Å². The van der Waals surface area contributed by atoms with Crippen LogP contribution in [0.5, 0.6) is 0 Å². The van der Waals surface area contributed by atoms with Gasteiger partial charge in [0.15, 0.2) is 0 Å². The fraction of sp³-hybridized carbons (Fsp3) is 0.667. The van der Waals surface area contributed by atoms with Crippen LogP contribution < -0.4 is 29.6 Å². The first-order chi connectivity index (χ1) is 28.7. The van der Waals surface area contributed by atoms with Crippen molar-refractivity contribution in [2.24, 2.45) is 0 Å². The number of carbonyl (C=O) groups is 4. The standard InChI is InChI=1S/2C6H10O22S6.Na.H/c2*7-2(8)5(32(20,21)22,6(3(9)10,33(23,24)25)34(26,27)28)4(30(14,15)16,31(17,18)19)1-29(11,12)13;;/h2*1H2,(H,7,8)(H,9,10)(H,11,12,13)(H,14,15,16)(H,17,18,19)(H,20,21,22)(H,23,24,25)(H,26,27,28);;/q;;+1;-1. The van der Waals surface area contributed by atoms with Gasteiger partial charge in [0.1, 0.15) is 11.5 Å². The van der Waals surface area contributed by atoms with Crippen LogP contribution in [0.1, 0.15) is 1.43 Å². The molecule has 0 aliphatic rings. The van der Waals surface area contributed by atoms with Gasteiger partial charge in [0.05, 0.1) is 0 Å². The van der Waals surface area contributed by atoms with Crippen LogP contribution >= 0.6 is 0 Å². The van der Waals surface area contributed by atoms with Gasteiger partial charge in [-0.25, -0.2) is 9.59 Å². The summed E-state index contributed by atoms with van der Waals surface area (Å²) >= 11 is 0. The van der Waals surface area contributed by atoms with Crippen molar-refractivity contribution in [1.82, 2.24) is 0 Å².